The van der Waals surface area contributed by atoms with E-state index in [0.29, 0.717) is 13.0 Å². The molecule has 0 aromatic carbocycles. The van der Waals surface area contributed by atoms with Gasteiger partial charge in [-0.15, -0.1) is 0 Å². The highest BCUT2D eigenvalue weighted by Gasteiger charge is 2.36. The van der Waals surface area contributed by atoms with Gasteiger partial charge in [-0.05, 0) is 24.7 Å². The van der Waals surface area contributed by atoms with Crippen molar-refractivity contribution in [3.63, 3.8) is 0 Å². The number of alkyl halides is 1. The van der Waals surface area contributed by atoms with Crippen LogP contribution >= 0.6 is 0 Å². The predicted octanol–water partition coefficient (Wildman–Crippen LogP) is 3.21. The predicted molar refractivity (Wildman–Crippen MR) is 71.8 cm³/mol. The van der Waals surface area contributed by atoms with Crippen LogP contribution in [0.5, 0.6) is 0 Å². The maximum atomic E-state index is 14.4. The summed E-state index contributed by atoms with van der Waals surface area (Å²) in [6.07, 6.45) is 4.45. The summed E-state index contributed by atoms with van der Waals surface area (Å²) in [6, 6.07) is 0. The van der Waals surface area contributed by atoms with Crippen molar-refractivity contribution in [3.8, 4) is 11.8 Å². The molecule has 1 rings (SSSR count). The fraction of sp³-hybridized carbons (Fsp3) is 0.800. The second-order valence-electron chi connectivity index (χ2n) is 6.23. The third-order valence-electron chi connectivity index (χ3n) is 3.13. The van der Waals surface area contributed by atoms with Gasteiger partial charge in [0.05, 0.1) is 0 Å². The summed E-state index contributed by atoms with van der Waals surface area (Å²) >= 11 is 0. The SMILES string of the molecule is CC(C)(C)CCNC(=O)C1(F)C#CCCCCC1. The maximum absolute atomic E-state index is 14.4. The Morgan fingerprint density at radius 1 is 1.33 bits per heavy atom. The van der Waals surface area contributed by atoms with Crippen LogP contribution in [0.4, 0.5) is 4.39 Å². The molecule has 3 heteroatoms. The first-order valence-corrected chi connectivity index (χ1v) is 6.81. The second kappa shape index (κ2) is 6.22. The molecule has 1 amide bonds. The molecule has 0 saturated heterocycles. The number of halogens is 1. The molecule has 1 unspecified atom stereocenters. The monoisotopic (exact) mass is 253 g/mol. The lowest BCUT2D eigenvalue weighted by Crippen LogP contribution is -2.43. The number of nitrogens with one attached hydrogen (secondary N) is 1. The van der Waals surface area contributed by atoms with Crippen molar-refractivity contribution < 1.29 is 9.18 Å². The number of carbonyl (C=O) groups is 1. The molecule has 0 fully saturated rings. The van der Waals surface area contributed by atoms with E-state index >= 15 is 0 Å². The molecule has 0 aliphatic heterocycles. The minimum absolute atomic E-state index is 0.142. The van der Waals surface area contributed by atoms with E-state index in [4.69, 9.17) is 0 Å². The first-order chi connectivity index (χ1) is 8.33. The van der Waals surface area contributed by atoms with Gasteiger partial charge in [-0.1, -0.05) is 39.0 Å². The van der Waals surface area contributed by atoms with E-state index in [1.54, 1.807) is 0 Å². The highest BCUT2D eigenvalue weighted by atomic mass is 19.1. The summed E-state index contributed by atoms with van der Waals surface area (Å²) in [4.78, 5) is 11.9. The number of hydrogen-bond acceptors (Lipinski definition) is 1. The van der Waals surface area contributed by atoms with Crippen molar-refractivity contribution in [2.24, 2.45) is 5.41 Å². The molecule has 0 aromatic heterocycles. The summed E-state index contributed by atoms with van der Waals surface area (Å²) in [6.45, 7) is 6.80. The fourth-order valence-electron chi connectivity index (χ4n) is 1.89. The van der Waals surface area contributed by atoms with Crippen LogP contribution in [0.15, 0.2) is 0 Å². The molecular formula is C15H24FNO. The van der Waals surface area contributed by atoms with E-state index in [9.17, 15) is 9.18 Å². The van der Waals surface area contributed by atoms with Gasteiger partial charge in [0.15, 0.2) is 0 Å². The number of carbonyl (C=O) groups excluding carboxylic acids is 1. The van der Waals surface area contributed by atoms with Crippen LogP contribution in [0.2, 0.25) is 0 Å². The molecule has 1 aliphatic rings. The normalized spacial score (nSPS) is 24.4. The summed E-state index contributed by atoms with van der Waals surface area (Å²) in [7, 11) is 0. The Balaban J connectivity index is 2.52. The van der Waals surface area contributed by atoms with Crippen LogP contribution in [-0.4, -0.2) is 18.1 Å². The average molecular weight is 253 g/mol. The van der Waals surface area contributed by atoms with Gasteiger partial charge < -0.3 is 5.32 Å². The molecule has 1 aliphatic carbocycles. The Labute approximate surface area is 110 Å². The van der Waals surface area contributed by atoms with Gasteiger partial charge in [0.2, 0.25) is 5.67 Å². The zero-order chi connectivity index (χ0) is 13.6. The Kier molecular flexibility index (Phi) is 5.19. The molecule has 18 heavy (non-hydrogen) atoms. The van der Waals surface area contributed by atoms with Gasteiger partial charge in [-0.3, -0.25) is 4.79 Å². The van der Waals surface area contributed by atoms with Crippen molar-refractivity contribution in [3.05, 3.63) is 0 Å². The van der Waals surface area contributed by atoms with Gasteiger partial charge in [0, 0.05) is 19.4 Å². The molecule has 1 atom stereocenters. The van der Waals surface area contributed by atoms with E-state index in [1.807, 2.05) is 0 Å². The van der Waals surface area contributed by atoms with Crippen molar-refractivity contribution in [1.29, 1.82) is 0 Å². The van der Waals surface area contributed by atoms with Gasteiger partial charge in [0.25, 0.3) is 5.91 Å². The Morgan fingerprint density at radius 3 is 2.72 bits per heavy atom. The third-order valence-corrected chi connectivity index (χ3v) is 3.13. The third kappa shape index (κ3) is 5.08. The number of rotatable bonds is 3. The van der Waals surface area contributed by atoms with Crippen LogP contribution < -0.4 is 5.32 Å². The van der Waals surface area contributed by atoms with E-state index < -0.39 is 11.6 Å². The standard InChI is InChI=1S/C15H24FNO/c1-14(2,3)11-12-17-13(18)15(16)9-7-5-4-6-8-10-15/h4-7,9,11-12H2,1-3H3,(H,17,18). The summed E-state index contributed by atoms with van der Waals surface area (Å²) in [5.74, 6) is 4.74. The van der Waals surface area contributed by atoms with Crippen LogP contribution in [0.25, 0.3) is 0 Å². The molecule has 0 heterocycles. The molecule has 0 aromatic rings. The molecule has 102 valence electrons. The van der Waals surface area contributed by atoms with Gasteiger partial charge in [0.1, 0.15) is 0 Å². The lowest BCUT2D eigenvalue weighted by atomic mass is 9.91. The molecule has 2 nitrogen and oxygen atoms in total. The van der Waals surface area contributed by atoms with Gasteiger partial charge in [-0.25, -0.2) is 4.39 Å². The van der Waals surface area contributed by atoms with Crippen LogP contribution in [-0.2, 0) is 4.79 Å². The Hall–Kier alpha value is -1.04. The van der Waals surface area contributed by atoms with Crippen molar-refractivity contribution in [1.82, 2.24) is 5.32 Å². The molecule has 0 saturated carbocycles. The lowest BCUT2D eigenvalue weighted by Gasteiger charge is -2.22. The quantitative estimate of drug-likeness (QED) is 0.769. The average Bonchev–Trinajstić information content (AvgIpc) is 2.22. The fourth-order valence-corrected chi connectivity index (χ4v) is 1.89. The highest BCUT2D eigenvalue weighted by Crippen LogP contribution is 2.23. The van der Waals surface area contributed by atoms with Crippen molar-refractivity contribution in [2.75, 3.05) is 6.54 Å². The van der Waals surface area contributed by atoms with Crippen molar-refractivity contribution in [2.45, 2.75) is 65.0 Å². The minimum atomic E-state index is -1.97. The highest BCUT2D eigenvalue weighted by molar-refractivity contribution is 5.88. The Morgan fingerprint density at radius 2 is 2.06 bits per heavy atom. The summed E-state index contributed by atoms with van der Waals surface area (Å²) < 4.78 is 14.4. The van der Waals surface area contributed by atoms with Crippen LogP contribution in [0.1, 0.15) is 59.3 Å². The molecule has 0 spiro atoms. The van der Waals surface area contributed by atoms with Gasteiger partial charge in [-0.2, -0.15) is 0 Å². The van der Waals surface area contributed by atoms with Crippen LogP contribution in [0.3, 0.4) is 0 Å². The molecule has 1 N–H and O–H groups in total. The first kappa shape index (κ1) is 15.0. The molecule has 0 bridgehead atoms. The van der Waals surface area contributed by atoms with E-state index in [2.05, 4.69) is 37.9 Å². The number of hydrogen-bond donors (Lipinski definition) is 1. The first-order valence-electron chi connectivity index (χ1n) is 6.81. The molecule has 0 radical (unpaired) electrons. The maximum Gasteiger partial charge on any atom is 0.270 e. The molecular weight excluding hydrogens is 229 g/mol. The summed E-state index contributed by atoms with van der Waals surface area (Å²) in [5.41, 5.74) is -1.83. The minimum Gasteiger partial charge on any atom is -0.352 e. The Bertz CT molecular complexity index is 348. The van der Waals surface area contributed by atoms with E-state index in [0.717, 1.165) is 25.7 Å². The topological polar surface area (TPSA) is 29.1 Å². The lowest BCUT2D eigenvalue weighted by molar-refractivity contribution is -0.130. The summed E-state index contributed by atoms with van der Waals surface area (Å²) in [5, 5.41) is 2.68. The van der Waals surface area contributed by atoms with E-state index in [-0.39, 0.29) is 11.8 Å². The van der Waals surface area contributed by atoms with Crippen LogP contribution in [0, 0.1) is 17.3 Å². The second-order valence-corrected chi connectivity index (χ2v) is 6.23. The zero-order valence-electron chi connectivity index (χ0n) is 11.7. The zero-order valence-corrected chi connectivity index (χ0v) is 11.7. The van der Waals surface area contributed by atoms with E-state index in [1.165, 1.54) is 0 Å². The number of amides is 1. The van der Waals surface area contributed by atoms with Gasteiger partial charge >= 0.3 is 0 Å². The largest absolute Gasteiger partial charge is 0.352 e. The smallest absolute Gasteiger partial charge is 0.270 e. The van der Waals surface area contributed by atoms with Crippen molar-refractivity contribution >= 4 is 5.91 Å².